The lowest BCUT2D eigenvalue weighted by molar-refractivity contribution is -0.152. The normalized spacial score (nSPS) is 21.2. The van der Waals surface area contributed by atoms with Crippen molar-refractivity contribution in [2.45, 2.75) is 24.7 Å². The van der Waals surface area contributed by atoms with Crippen LogP contribution in [0.4, 0.5) is 0 Å². The molecule has 0 saturated heterocycles. The molecule has 6 heteroatoms. The highest BCUT2D eigenvalue weighted by Crippen LogP contribution is 2.16. The first-order valence-electron chi connectivity index (χ1n) is 3.26. The summed E-state index contributed by atoms with van der Waals surface area (Å²) in [6, 6.07) is 0. The number of hydrogen-bond donors (Lipinski definition) is 5. The largest absolute Gasteiger partial charge is 0.394 e. The quantitative estimate of drug-likeness (QED) is 0.332. The Hall–Kier alpha value is -0.140. The maximum Gasteiger partial charge on any atom is 0.219 e. The van der Waals surface area contributed by atoms with E-state index in [1.165, 1.54) is 0 Å². The van der Waals surface area contributed by atoms with Crippen LogP contribution in [0.3, 0.4) is 0 Å². The van der Waals surface area contributed by atoms with Gasteiger partial charge >= 0.3 is 0 Å². The second-order valence-electron chi connectivity index (χ2n) is 2.65. The fourth-order valence-electron chi connectivity index (χ4n) is 0.601. The Morgan fingerprint density at radius 3 is 2.25 bits per heavy atom. The Morgan fingerprint density at radius 2 is 2.00 bits per heavy atom. The molecule has 0 spiro atoms. The van der Waals surface area contributed by atoms with Crippen molar-refractivity contribution in [1.29, 1.82) is 0 Å². The molecule has 0 aromatic carbocycles. The van der Waals surface area contributed by atoms with Gasteiger partial charge < -0.3 is 20.4 Å². The monoisotopic (exact) mass is 196 g/mol. The molecule has 0 aromatic heterocycles. The van der Waals surface area contributed by atoms with Crippen molar-refractivity contribution in [3.8, 4) is 0 Å². The van der Waals surface area contributed by atoms with Crippen LogP contribution in [0.5, 0.6) is 0 Å². The third kappa shape index (κ3) is 2.43. The molecule has 0 bridgehead atoms. The summed E-state index contributed by atoms with van der Waals surface area (Å²) in [7, 11) is 0. The van der Waals surface area contributed by atoms with E-state index in [4.69, 9.17) is 15.3 Å². The molecule has 4 N–H and O–H groups in total. The Bertz CT molecular complexity index is 169. The van der Waals surface area contributed by atoms with Crippen molar-refractivity contribution in [3.63, 3.8) is 0 Å². The van der Waals surface area contributed by atoms with Crippen molar-refractivity contribution in [3.05, 3.63) is 0 Å². The van der Waals surface area contributed by atoms with Gasteiger partial charge in [0.05, 0.1) is 6.61 Å². The molecule has 0 aromatic rings. The zero-order valence-corrected chi connectivity index (χ0v) is 7.40. The molecule has 3 atom stereocenters. The van der Waals surface area contributed by atoms with Crippen LogP contribution in [0.25, 0.3) is 0 Å². The van der Waals surface area contributed by atoms with Crippen LogP contribution in [-0.2, 0) is 4.79 Å². The van der Waals surface area contributed by atoms with Gasteiger partial charge in [-0.25, -0.2) is 0 Å². The lowest BCUT2D eigenvalue weighted by atomic mass is 9.96. The standard InChI is InChI=1S/C6H12O5S/c1-6(11,5(10)12)4(9)3(8)2-7/h3-4,7-9,11H,2H2,1H3,(H,10,12). The van der Waals surface area contributed by atoms with Gasteiger partial charge in [0.15, 0.2) is 5.60 Å². The second kappa shape index (κ2) is 4.20. The maximum absolute atomic E-state index is 10.6. The second-order valence-corrected chi connectivity index (χ2v) is 3.05. The van der Waals surface area contributed by atoms with E-state index in [1.807, 2.05) is 0 Å². The first-order valence-corrected chi connectivity index (χ1v) is 3.71. The molecule has 0 aliphatic rings. The summed E-state index contributed by atoms with van der Waals surface area (Å²) in [6.45, 7) is 0.268. The highest BCUT2D eigenvalue weighted by atomic mass is 32.1. The van der Waals surface area contributed by atoms with E-state index < -0.39 is 29.5 Å². The molecule has 3 unspecified atom stereocenters. The minimum Gasteiger partial charge on any atom is -0.394 e. The number of hydrogen-bond acceptors (Lipinski definition) is 5. The third-order valence-corrected chi connectivity index (χ3v) is 2.01. The molecule has 0 heterocycles. The highest BCUT2D eigenvalue weighted by molar-refractivity contribution is 7.96. The van der Waals surface area contributed by atoms with Crippen LogP contribution < -0.4 is 0 Å². The first-order chi connectivity index (χ1) is 5.34. The van der Waals surface area contributed by atoms with Crippen LogP contribution >= 0.6 is 12.6 Å². The van der Waals surface area contributed by atoms with Crippen LogP contribution in [0.1, 0.15) is 6.92 Å². The maximum atomic E-state index is 10.6. The lowest BCUT2D eigenvalue weighted by Gasteiger charge is -2.28. The number of aliphatic hydroxyl groups is 4. The summed E-state index contributed by atoms with van der Waals surface area (Å²) >= 11 is 3.31. The molecule has 0 rings (SSSR count). The van der Waals surface area contributed by atoms with Crippen molar-refractivity contribution < 1.29 is 25.2 Å². The molecule has 0 saturated carbocycles. The van der Waals surface area contributed by atoms with Gasteiger partial charge in [-0.2, -0.15) is 0 Å². The molecule has 0 radical (unpaired) electrons. The Kier molecular flexibility index (Phi) is 4.15. The summed E-state index contributed by atoms with van der Waals surface area (Å²) in [5.74, 6) is 0. The van der Waals surface area contributed by atoms with Gasteiger partial charge in [-0.15, -0.1) is 12.6 Å². The molecule has 72 valence electrons. The number of rotatable bonds is 4. The van der Waals surface area contributed by atoms with Gasteiger partial charge in [0.25, 0.3) is 0 Å². The number of carbonyl (C=O) groups excluding carboxylic acids is 1. The highest BCUT2D eigenvalue weighted by Gasteiger charge is 2.40. The zero-order valence-electron chi connectivity index (χ0n) is 6.51. The molecule has 12 heavy (non-hydrogen) atoms. The number of aliphatic hydroxyl groups excluding tert-OH is 3. The van der Waals surface area contributed by atoms with Crippen molar-refractivity contribution in [2.24, 2.45) is 0 Å². The summed E-state index contributed by atoms with van der Waals surface area (Å²) in [5.41, 5.74) is -2.15. The van der Waals surface area contributed by atoms with Crippen LogP contribution in [0.15, 0.2) is 0 Å². The summed E-state index contributed by atoms with van der Waals surface area (Å²) in [4.78, 5) is 10.6. The smallest absolute Gasteiger partial charge is 0.219 e. The van der Waals surface area contributed by atoms with Crippen LogP contribution in [0.2, 0.25) is 0 Å². The van der Waals surface area contributed by atoms with Gasteiger partial charge in [-0.1, -0.05) is 0 Å². The van der Waals surface area contributed by atoms with Crippen LogP contribution in [-0.4, -0.2) is 50.0 Å². The van der Waals surface area contributed by atoms with E-state index in [2.05, 4.69) is 12.6 Å². The topological polar surface area (TPSA) is 98.0 Å². The van der Waals surface area contributed by atoms with Crippen molar-refractivity contribution >= 4 is 17.7 Å². The number of thiol groups is 1. The van der Waals surface area contributed by atoms with Gasteiger partial charge in [0.1, 0.15) is 12.2 Å². The van der Waals surface area contributed by atoms with E-state index in [1.54, 1.807) is 0 Å². The predicted molar refractivity (Wildman–Crippen MR) is 43.7 cm³/mol. The Balaban J connectivity index is 4.44. The van der Waals surface area contributed by atoms with Crippen molar-refractivity contribution in [2.75, 3.05) is 6.61 Å². The molecule has 0 aliphatic carbocycles. The molecular formula is C6H12O5S. The molecular weight excluding hydrogens is 184 g/mol. The molecule has 5 nitrogen and oxygen atoms in total. The van der Waals surface area contributed by atoms with Crippen molar-refractivity contribution in [1.82, 2.24) is 0 Å². The zero-order chi connectivity index (χ0) is 9.94. The fraction of sp³-hybridized carbons (Fsp3) is 0.833. The van der Waals surface area contributed by atoms with E-state index >= 15 is 0 Å². The van der Waals surface area contributed by atoms with E-state index in [0.717, 1.165) is 6.92 Å². The van der Waals surface area contributed by atoms with Gasteiger partial charge in [-0.3, -0.25) is 4.79 Å². The van der Waals surface area contributed by atoms with Gasteiger partial charge in [0, 0.05) is 0 Å². The molecule has 0 aliphatic heterocycles. The first kappa shape index (κ1) is 11.9. The van der Waals surface area contributed by atoms with Crippen LogP contribution in [0, 0.1) is 0 Å². The molecule has 0 amide bonds. The minimum absolute atomic E-state index is 0.738. The van der Waals surface area contributed by atoms with E-state index in [0.29, 0.717) is 0 Å². The average Bonchev–Trinajstić information content (AvgIpc) is 2.01. The predicted octanol–water partition coefficient (Wildman–Crippen LogP) is -2.09. The van der Waals surface area contributed by atoms with Gasteiger partial charge in [0.2, 0.25) is 5.12 Å². The lowest BCUT2D eigenvalue weighted by Crippen LogP contribution is -2.52. The summed E-state index contributed by atoms with van der Waals surface area (Å²) in [5, 5.41) is 34.6. The SMILES string of the molecule is CC(O)(C(=O)S)C(O)C(O)CO. The van der Waals surface area contributed by atoms with Gasteiger partial charge in [-0.05, 0) is 6.92 Å². The Labute approximate surface area is 75.1 Å². The summed E-state index contributed by atoms with van der Waals surface area (Å²) < 4.78 is 0. The average molecular weight is 196 g/mol. The minimum atomic E-state index is -2.15. The third-order valence-electron chi connectivity index (χ3n) is 1.56. The Morgan fingerprint density at radius 1 is 1.58 bits per heavy atom. The van der Waals surface area contributed by atoms with E-state index in [9.17, 15) is 9.90 Å². The number of carbonyl (C=O) groups is 1. The summed E-state index contributed by atoms with van der Waals surface area (Å²) in [6.07, 6.45) is -3.30. The molecule has 0 fully saturated rings. The fourth-order valence-corrected chi connectivity index (χ4v) is 0.733. The van der Waals surface area contributed by atoms with E-state index in [-0.39, 0.29) is 0 Å².